The Balaban J connectivity index is 2.61. The number of hydrogen-bond donors (Lipinski definition) is 2. The van der Waals surface area contributed by atoms with E-state index in [-0.39, 0.29) is 32.5 Å². The Morgan fingerprint density at radius 1 is 1.27 bits per heavy atom. The fourth-order valence-corrected chi connectivity index (χ4v) is 1.85. The Hall–Kier alpha value is -2.52. The Morgan fingerprint density at radius 2 is 2.04 bits per heavy atom. The van der Waals surface area contributed by atoms with E-state index < -0.39 is 11.2 Å². The van der Waals surface area contributed by atoms with Gasteiger partial charge in [-0.3, -0.25) is 0 Å². The maximum atomic E-state index is 10.1. The highest BCUT2D eigenvalue weighted by atomic mass is 17.0. The molecule has 146 valence electrons. The molecule has 0 aliphatic heterocycles. The molecule has 9 nitrogen and oxygen atoms in total. The van der Waals surface area contributed by atoms with Crippen LogP contribution in [0.25, 0.3) is 0 Å². The maximum Gasteiger partial charge on any atom is 0.294 e. The molecule has 0 saturated heterocycles. The van der Waals surface area contributed by atoms with Gasteiger partial charge < -0.3 is 29.5 Å². The summed E-state index contributed by atoms with van der Waals surface area (Å²) >= 11 is 0. The minimum absolute atomic E-state index is 0.00871. The smallest absolute Gasteiger partial charge is 0.294 e. The fourth-order valence-electron chi connectivity index (χ4n) is 1.85. The molecule has 2 N–H and O–H groups in total. The Kier molecular flexibility index (Phi) is 9.88. The van der Waals surface area contributed by atoms with Crippen LogP contribution in [-0.2, 0) is 4.84 Å². The van der Waals surface area contributed by atoms with E-state index in [9.17, 15) is 15.2 Å². The molecule has 1 rings (SSSR count). The predicted molar refractivity (Wildman–Crippen MR) is 95.2 cm³/mol. The largest absolute Gasteiger partial charge is 0.491 e. The van der Waals surface area contributed by atoms with Crippen molar-refractivity contribution in [3.63, 3.8) is 0 Å². The van der Waals surface area contributed by atoms with Gasteiger partial charge in [0.15, 0.2) is 11.5 Å². The lowest BCUT2D eigenvalue weighted by molar-refractivity contribution is -0.757. The van der Waals surface area contributed by atoms with Crippen molar-refractivity contribution < 1.29 is 29.2 Å². The molecule has 0 fully saturated rings. The van der Waals surface area contributed by atoms with Crippen molar-refractivity contribution in [1.82, 2.24) is 5.32 Å². The van der Waals surface area contributed by atoms with Gasteiger partial charge in [-0.15, -0.1) is 10.1 Å². The minimum atomic E-state index is -0.880. The molecule has 0 saturated carbocycles. The third-order valence-electron chi connectivity index (χ3n) is 3.01. The van der Waals surface area contributed by atoms with Gasteiger partial charge in [-0.05, 0) is 12.1 Å². The van der Waals surface area contributed by atoms with Crippen molar-refractivity contribution in [3.8, 4) is 17.2 Å². The van der Waals surface area contributed by atoms with E-state index in [1.54, 1.807) is 24.3 Å². The number of rotatable bonds is 14. The molecule has 1 unspecified atom stereocenters. The second-order valence-corrected chi connectivity index (χ2v) is 5.64. The molecule has 26 heavy (non-hydrogen) atoms. The highest BCUT2D eigenvalue weighted by Gasteiger charge is 2.10. The Bertz CT molecular complexity index is 566. The van der Waals surface area contributed by atoms with E-state index in [4.69, 9.17) is 14.2 Å². The molecule has 0 aliphatic rings. The SMILES string of the molecule is C=CCOc1cc(OCC(O)CNC(C)C)ccc1OCCO[N+](=O)[O-]. The summed E-state index contributed by atoms with van der Waals surface area (Å²) in [4.78, 5) is 14.3. The molecule has 1 atom stereocenters. The van der Waals surface area contributed by atoms with Crippen LogP contribution >= 0.6 is 0 Å². The standard InChI is InChI=1S/C17H26N2O7/c1-4-7-23-17-10-15(25-12-14(20)11-18-13(2)3)5-6-16(17)24-8-9-26-19(21)22/h4-6,10,13-14,18,20H,1,7-9,11-12H2,2-3H3. The Morgan fingerprint density at radius 3 is 2.69 bits per heavy atom. The van der Waals surface area contributed by atoms with Crippen LogP contribution in [0, 0.1) is 10.1 Å². The van der Waals surface area contributed by atoms with Gasteiger partial charge in [-0.2, -0.15) is 0 Å². The quantitative estimate of drug-likeness (QED) is 0.220. The predicted octanol–water partition coefficient (Wildman–Crippen LogP) is 1.58. The lowest BCUT2D eigenvalue weighted by Gasteiger charge is -2.16. The first-order chi connectivity index (χ1) is 12.4. The van der Waals surface area contributed by atoms with Crippen LogP contribution in [0.1, 0.15) is 13.8 Å². The summed E-state index contributed by atoms with van der Waals surface area (Å²) in [7, 11) is 0. The van der Waals surface area contributed by atoms with Gasteiger partial charge in [-0.1, -0.05) is 26.5 Å². The van der Waals surface area contributed by atoms with Crippen LogP contribution in [0.3, 0.4) is 0 Å². The van der Waals surface area contributed by atoms with Crippen molar-refractivity contribution in [2.45, 2.75) is 26.0 Å². The zero-order chi connectivity index (χ0) is 19.4. The lowest BCUT2D eigenvalue weighted by Crippen LogP contribution is -2.35. The van der Waals surface area contributed by atoms with Crippen LogP contribution in [0.5, 0.6) is 17.2 Å². The molecule has 0 bridgehead atoms. The zero-order valence-corrected chi connectivity index (χ0v) is 15.1. The fraction of sp³-hybridized carbons (Fsp3) is 0.529. The molecule has 0 spiro atoms. The summed E-state index contributed by atoms with van der Waals surface area (Å²) in [6, 6.07) is 5.18. The second-order valence-electron chi connectivity index (χ2n) is 5.64. The van der Waals surface area contributed by atoms with E-state index in [2.05, 4.69) is 16.7 Å². The zero-order valence-electron chi connectivity index (χ0n) is 15.1. The van der Waals surface area contributed by atoms with E-state index >= 15 is 0 Å². The monoisotopic (exact) mass is 370 g/mol. The minimum Gasteiger partial charge on any atom is -0.491 e. The van der Waals surface area contributed by atoms with E-state index in [0.29, 0.717) is 23.8 Å². The van der Waals surface area contributed by atoms with Crippen LogP contribution in [0.2, 0.25) is 0 Å². The van der Waals surface area contributed by atoms with Gasteiger partial charge in [-0.25, -0.2) is 0 Å². The van der Waals surface area contributed by atoms with Crippen molar-refractivity contribution in [2.24, 2.45) is 0 Å². The molecule has 0 heterocycles. The third kappa shape index (κ3) is 9.09. The number of nitrogens with one attached hydrogen (secondary N) is 1. The lowest BCUT2D eigenvalue weighted by atomic mass is 10.3. The van der Waals surface area contributed by atoms with Gasteiger partial charge in [0, 0.05) is 18.7 Å². The van der Waals surface area contributed by atoms with Crippen LogP contribution in [-0.4, -0.2) is 55.3 Å². The molecule has 1 aromatic carbocycles. The topological polar surface area (TPSA) is 112 Å². The van der Waals surface area contributed by atoms with Crippen molar-refractivity contribution in [1.29, 1.82) is 0 Å². The summed E-state index contributed by atoms with van der Waals surface area (Å²) in [5.41, 5.74) is 0. The number of hydrogen-bond acceptors (Lipinski definition) is 8. The van der Waals surface area contributed by atoms with Gasteiger partial charge in [0.1, 0.15) is 38.3 Å². The van der Waals surface area contributed by atoms with Crippen molar-refractivity contribution in [2.75, 3.05) is 33.0 Å². The average molecular weight is 370 g/mol. The number of ether oxygens (including phenoxy) is 3. The van der Waals surface area contributed by atoms with Gasteiger partial charge in [0.25, 0.3) is 5.09 Å². The highest BCUT2D eigenvalue weighted by molar-refractivity contribution is 5.45. The van der Waals surface area contributed by atoms with Gasteiger partial charge in [0.2, 0.25) is 0 Å². The molecule has 1 aromatic rings. The van der Waals surface area contributed by atoms with Gasteiger partial charge >= 0.3 is 0 Å². The first kappa shape index (κ1) is 21.5. The van der Waals surface area contributed by atoms with Gasteiger partial charge in [0.05, 0.1) is 0 Å². The number of aliphatic hydroxyl groups excluding tert-OH is 1. The van der Waals surface area contributed by atoms with Crippen LogP contribution in [0.15, 0.2) is 30.9 Å². The summed E-state index contributed by atoms with van der Waals surface area (Å²) in [5, 5.41) is 22.3. The normalized spacial score (nSPS) is 11.7. The van der Waals surface area contributed by atoms with E-state index in [1.807, 2.05) is 13.8 Å². The molecular formula is C17H26N2O7. The third-order valence-corrected chi connectivity index (χ3v) is 3.01. The number of aliphatic hydroxyl groups is 1. The summed E-state index contributed by atoms with van der Waals surface area (Å²) in [5.74, 6) is 1.30. The van der Waals surface area contributed by atoms with Crippen LogP contribution < -0.4 is 19.5 Å². The van der Waals surface area contributed by atoms with Crippen molar-refractivity contribution in [3.05, 3.63) is 41.0 Å². The summed E-state index contributed by atoms with van der Waals surface area (Å²) in [6.45, 7) is 8.17. The number of benzene rings is 1. The molecule has 0 radical (unpaired) electrons. The van der Waals surface area contributed by atoms with E-state index in [0.717, 1.165) is 0 Å². The Labute approximate surface area is 152 Å². The summed E-state index contributed by atoms with van der Waals surface area (Å²) < 4.78 is 16.5. The first-order valence-electron chi connectivity index (χ1n) is 8.24. The van der Waals surface area contributed by atoms with Crippen molar-refractivity contribution >= 4 is 0 Å². The first-order valence-corrected chi connectivity index (χ1v) is 8.24. The molecule has 0 amide bonds. The van der Waals surface area contributed by atoms with Crippen LogP contribution in [0.4, 0.5) is 0 Å². The second kappa shape index (κ2) is 11.9. The maximum absolute atomic E-state index is 10.1. The molecule has 9 heteroatoms. The molecule has 0 aliphatic carbocycles. The summed E-state index contributed by atoms with van der Waals surface area (Å²) in [6.07, 6.45) is 0.930. The molecular weight excluding hydrogens is 344 g/mol. The molecule has 0 aromatic heterocycles. The highest BCUT2D eigenvalue weighted by Crippen LogP contribution is 2.31. The number of nitrogens with zero attached hydrogens (tertiary/aromatic N) is 1. The van der Waals surface area contributed by atoms with E-state index in [1.165, 1.54) is 0 Å². The average Bonchev–Trinajstić information content (AvgIpc) is 2.60.